The molecule has 1 saturated heterocycles. The van der Waals surface area contributed by atoms with Gasteiger partial charge in [0.15, 0.2) is 0 Å². The first-order chi connectivity index (χ1) is 4.24. The van der Waals surface area contributed by atoms with Crippen LogP contribution in [0.15, 0.2) is 0 Å². The Kier molecular flexibility index (Phi) is 2.14. The van der Waals surface area contributed by atoms with Crippen molar-refractivity contribution in [3.8, 4) is 0 Å². The minimum atomic E-state index is -0.343. The van der Waals surface area contributed by atoms with E-state index in [2.05, 4.69) is 0 Å². The van der Waals surface area contributed by atoms with Gasteiger partial charge in [-0.1, -0.05) is 6.92 Å². The topological polar surface area (TPSA) is 29.5 Å². The van der Waals surface area contributed by atoms with Crippen LogP contribution in [0.25, 0.3) is 0 Å². The second-order valence-corrected chi connectivity index (χ2v) is 2.42. The fourth-order valence-corrected chi connectivity index (χ4v) is 1.13. The maximum Gasteiger partial charge on any atom is 0.109 e. The van der Waals surface area contributed by atoms with E-state index in [4.69, 9.17) is 17.7 Å². The van der Waals surface area contributed by atoms with Gasteiger partial charge in [0.2, 0.25) is 0 Å². The molecule has 0 saturated carbocycles. The molecule has 0 aromatic rings. The van der Waals surface area contributed by atoms with Gasteiger partial charge >= 0.3 is 0 Å². The lowest BCUT2D eigenvalue weighted by Gasteiger charge is -2.09. The Labute approximate surface area is 56.6 Å². The fourth-order valence-electron chi connectivity index (χ4n) is 1.13. The highest BCUT2D eigenvalue weighted by Crippen LogP contribution is 2.19. The highest BCUT2D eigenvalue weighted by Gasteiger charge is 2.28. The van der Waals surface area contributed by atoms with E-state index in [9.17, 15) is 0 Å². The Balaban J connectivity index is 2.38. The molecule has 0 aromatic heterocycles. The molecule has 0 bridgehead atoms. The van der Waals surface area contributed by atoms with Crippen LogP contribution in [0.3, 0.4) is 0 Å². The standard InChI is InChI=1S/C6H11BO2/c1-2-5-4(8)3-6(7)9-5/h4-6,8H,2-3H2,1H3/t4-,5-,6-/m1/s1. The van der Waals surface area contributed by atoms with Crippen LogP contribution in [0, 0.1) is 0 Å². The van der Waals surface area contributed by atoms with Crippen molar-refractivity contribution < 1.29 is 9.84 Å². The van der Waals surface area contributed by atoms with Crippen molar-refractivity contribution in [1.29, 1.82) is 0 Å². The summed E-state index contributed by atoms with van der Waals surface area (Å²) in [6.45, 7) is 1.98. The first kappa shape index (κ1) is 7.10. The van der Waals surface area contributed by atoms with Gasteiger partial charge in [-0.15, -0.1) is 0 Å². The summed E-state index contributed by atoms with van der Waals surface area (Å²) in [5.74, 6) is 0. The zero-order valence-corrected chi connectivity index (χ0v) is 5.58. The third-order valence-corrected chi connectivity index (χ3v) is 1.65. The van der Waals surface area contributed by atoms with Crippen LogP contribution in [-0.2, 0) is 4.74 Å². The number of aliphatic hydroxyl groups is 1. The number of hydrogen-bond acceptors (Lipinski definition) is 2. The summed E-state index contributed by atoms with van der Waals surface area (Å²) in [5, 5.41) is 9.15. The van der Waals surface area contributed by atoms with Gasteiger partial charge in [0.05, 0.1) is 12.2 Å². The minimum absolute atomic E-state index is 0.0278. The van der Waals surface area contributed by atoms with Gasteiger partial charge in [-0.2, -0.15) is 0 Å². The quantitative estimate of drug-likeness (QED) is 0.502. The number of aliphatic hydroxyl groups excluding tert-OH is 1. The lowest BCUT2D eigenvalue weighted by Crippen LogP contribution is -2.19. The molecule has 0 aromatic carbocycles. The highest BCUT2D eigenvalue weighted by atomic mass is 16.5. The number of ether oxygens (including phenoxy) is 1. The molecule has 1 aliphatic rings. The van der Waals surface area contributed by atoms with Crippen LogP contribution in [0.5, 0.6) is 0 Å². The van der Waals surface area contributed by atoms with Gasteiger partial charge < -0.3 is 9.84 Å². The lowest BCUT2D eigenvalue weighted by atomic mass is 9.96. The lowest BCUT2D eigenvalue weighted by molar-refractivity contribution is 0.0305. The monoisotopic (exact) mass is 126 g/mol. The van der Waals surface area contributed by atoms with Gasteiger partial charge in [-0.05, 0) is 12.8 Å². The predicted molar refractivity (Wildman–Crippen MR) is 35.3 cm³/mol. The maximum absolute atomic E-state index is 9.15. The fraction of sp³-hybridized carbons (Fsp3) is 1.00. The molecule has 1 aliphatic heterocycles. The summed E-state index contributed by atoms with van der Waals surface area (Å²) >= 11 is 0. The van der Waals surface area contributed by atoms with E-state index < -0.39 is 0 Å². The highest BCUT2D eigenvalue weighted by molar-refractivity contribution is 6.11. The maximum atomic E-state index is 9.15. The van der Waals surface area contributed by atoms with Crippen LogP contribution < -0.4 is 0 Å². The summed E-state index contributed by atoms with van der Waals surface area (Å²) in [6.07, 6.45) is 1.05. The van der Waals surface area contributed by atoms with Crippen LogP contribution in [0.4, 0.5) is 0 Å². The largest absolute Gasteiger partial charge is 0.390 e. The van der Waals surface area contributed by atoms with E-state index in [-0.39, 0.29) is 18.2 Å². The van der Waals surface area contributed by atoms with Crippen LogP contribution in [0.2, 0.25) is 0 Å². The zero-order valence-electron chi connectivity index (χ0n) is 5.58. The summed E-state index contributed by atoms with van der Waals surface area (Å²) in [5.41, 5.74) is 0. The summed E-state index contributed by atoms with van der Waals surface area (Å²) in [6, 6.07) is -0.245. The second-order valence-electron chi connectivity index (χ2n) is 2.42. The summed E-state index contributed by atoms with van der Waals surface area (Å²) in [4.78, 5) is 0. The Morgan fingerprint density at radius 1 is 1.78 bits per heavy atom. The van der Waals surface area contributed by atoms with Gasteiger partial charge in [0.25, 0.3) is 0 Å². The molecule has 1 N–H and O–H groups in total. The molecule has 1 fully saturated rings. The van der Waals surface area contributed by atoms with Crippen molar-refractivity contribution in [3.05, 3.63) is 0 Å². The predicted octanol–water partition coefficient (Wildman–Crippen LogP) is 0.0408. The molecule has 0 spiro atoms. The molecule has 2 nitrogen and oxygen atoms in total. The molecule has 50 valence electrons. The van der Waals surface area contributed by atoms with Crippen molar-refractivity contribution in [1.82, 2.24) is 0 Å². The molecule has 0 aliphatic carbocycles. The molecule has 9 heavy (non-hydrogen) atoms. The number of hydrogen-bond donors (Lipinski definition) is 1. The van der Waals surface area contributed by atoms with E-state index in [0.717, 1.165) is 6.42 Å². The first-order valence-electron chi connectivity index (χ1n) is 3.33. The van der Waals surface area contributed by atoms with Crippen LogP contribution in [-0.4, -0.2) is 31.2 Å². The van der Waals surface area contributed by atoms with Gasteiger partial charge in [-0.3, -0.25) is 0 Å². The third-order valence-electron chi connectivity index (χ3n) is 1.65. The molecule has 0 unspecified atom stereocenters. The molecule has 2 radical (unpaired) electrons. The Morgan fingerprint density at radius 2 is 2.44 bits per heavy atom. The Hall–Kier alpha value is -0.0151. The van der Waals surface area contributed by atoms with E-state index in [1.807, 2.05) is 6.92 Å². The van der Waals surface area contributed by atoms with E-state index in [0.29, 0.717) is 6.42 Å². The van der Waals surface area contributed by atoms with Crippen molar-refractivity contribution in [3.63, 3.8) is 0 Å². The average molecular weight is 126 g/mol. The van der Waals surface area contributed by atoms with Crippen molar-refractivity contribution >= 4 is 7.85 Å². The van der Waals surface area contributed by atoms with E-state index >= 15 is 0 Å². The van der Waals surface area contributed by atoms with E-state index in [1.165, 1.54) is 0 Å². The third kappa shape index (κ3) is 1.46. The van der Waals surface area contributed by atoms with Crippen LogP contribution in [0.1, 0.15) is 19.8 Å². The smallest absolute Gasteiger partial charge is 0.109 e. The second kappa shape index (κ2) is 2.71. The van der Waals surface area contributed by atoms with Crippen molar-refractivity contribution in [2.45, 2.75) is 38.0 Å². The minimum Gasteiger partial charge on any atom is -0.390 e. The van der Waals surface area contributed by atoms with Crippen molar-refractivity contribution in [2.24, 2.45) is 0 Å². The average Bonchev–Trinajstić information content (AvgIpc) is 2.10. The van der Waals surface area contributed by atoms with E-state index in [1.54, 1.807) is 0 Å². The Bertz CT molecular complexity index is 97.1. The zero-order chi connectivity index (χ0) is 6.85. The molecular formula is C6H11BO2. The molecule has 0 amide bonds. The summed E-state index contributed by atoms with van der Waals surface area (Å²) < 4.78 is 5.15. The van der Waals surface area contributed by atoms with Gasteiger partial charge in [0, 0.05) is 6.00 Å². The normalized spacial score (nSPS) is 43.6. The molecular weight excluding hydrogens is 115 g/mol. The van der Waals surface area contributed by atoms with Crippen molar-refractivity contribution in [2.75, 3.05) is 0 Å². The Morgan fingerprint density at radius 3 is 2.67 bits per heavy atom. The number of rotatable bonds is 1. The SMILES string of the molecule is [B][C@H]1C[C@@H](O)[C@@H](CC)O1. The molecule has 1 rings (SSSR count). The van der Waals surface area contributed by atoms with Crippen LogP contribution >= 0.6 is 0 Å². The van der Waals surface area contributed by atoms with Gasteiger partial charge in [-0.25, -0.2) is 0 Å². The molecule has 3 atom stereocenters. The molecule has 1 heterocycles. The van der Waals surface area contributed by atoms with Gasteiger partial charge in [0.1, 0.15) is 7.85 Å². The first-order valence-corrected chi connectivity index (χ1v) is 3.33. The summed E-state index contributed by atoms with van der Waals surface area (Å²) in [7, 11) is 5.41. The molecule has 3 heteroatoms.